The van der Waals surface area contributed by atoms with Crippen molar-refractivity contribution in [2.24, 2.45) is 0 Å². The number of tetrazole rings is 1. The molecule has 0 saturated heterocycles. The Morgan fingerprint density at radius 3 is 2.35 bits per heavy atom. The van der Waals surface area contributed by atoms with Gasteiger partial charge in [-0.15, -0.1) is 5.10 Å². The monoisotopic (exact) mass is 720 g/mol. The number of hydrogen-bond acceptors (Lipinski definition) is 8. The smallest absolute Gasteiger partial charge is 0.328 e. The van der Waals surface area contributed by atoms with E-state index >= 15 is 0 Å². The number of hydrogen-bond donors (Lipinski definition) is 3. The van der Waals surface area contributed by atoms with Gasteiger partial charge in [-0.25, -0.2) is 4.79 Å². The van der Waals surface area contributed by atoms with Gasteiger partial charge in [0.15, 0.2) is 0 Å². The van der Waals surface area contributed by atoms with Crippen LogP contribution in [0.1, 0.15) is 51.3 Å². The summed E-state index contributed by atoms with van der Waals surface area (Å²) in [6.07, 6.45) is 2.49. The highest BCUT2D eigenvalue weighted by atomic mass is 35.5. The van der Waals surface area contributed by atoms with Crippen molar-refractivity contribution >= 4 is 70.2 Å². The molecule has 49 heavy (non-hydrogen) atoms. The number of rotatable bonds is 11. The van der Waals surface area contributed by atoms with Gasteiger partial charge in [-0.3, -0.25) is 9.59 Å². The van der Waals surface area contributed by atoms with Crippen LogP contribution in [0, 0.1) is 11.8 Å². The van der Waals surface area contributed by atoms with Crippen molar-refractivity contribution in [3.05, 3.63) is 93.5 Å². The number of benzene rings is 3. The molecule has 4 rings (SSSR count). The van der Waals surface area contributed by atoms with Crippen LogP contribution in [-0.2, 0) is 24.5 Å². The molecule has 11 nitrogen and oxygen atoms in total. The predicted molar refractivity (Wildman–Crippen MR) is 192 cm³/mol. The number of nitrogens with one attached hydrogen (secondary N) is 2. The van der Waals surface area contributed by atoms with E-state index in [0.717, 1.165) is 23.4 Å². The van der Waals surface area contributed by atoms with Gasteiger partial charge in [0.25, 0.3) is 0 Å². The SMILES string of the molecule is CC(C)(C#Cc1ccc(NC(=O)CSc2nnnn2-c2ccc(C(C)(C)C)cc2Cl)c(Cl)c1)OCC(=O)Nc1ccc(/C=C/C(=O)O)cc1. The number of aliphatic carboxylic acids is 1. The minimum Gasteiger partial charge on any atom is -0.478 e. The van der Waals surface area contributed by atoms with Gasteiger partial charge in [-0.1, -0.05) is 85.8 Å². The normalized spacial score (nSPS) is 11.6. The van der Waals surface area contributed by atoms with Crippen molar-refractivity contribution in [2.75, 3.05) is 23.0 Å². The fourth-order valence-electron chi connectivity index (χ4n) is 4.12. The van der Waals surface area contributed by atoms with Crippen LogP contribution in [0.15, 0.2) is 71.9 Å². The lowest BCUT2D eigenvalue weighted by Gasteiger charge is -2.20. The van der Waals surface area contributed by atoms with Gasteiger partial charge in [0.1, 0.15) is 12.2 Å². The van der Waals surface area contributed by atoms with Crippen LogP contribution in [0.2, 0.25) is 10.0 Å². The van der Waals surface area contributed by atoms with Crippen molar-refractivity contribution in [1.29, 1.82) is 0 Å². The van der Waals surface area contributed by atoms with Crippen LogP contribution in [0.25, 0.3) is 11.8 Å². The summed E-state index contributed by atoms with van der Waals surface area (Å²) in [7, 11) is 0. The van der Waals surface area contributed by atoms with Gasteiger partial charge >= 0.3 is 5.97 Å². The molecule has 254 valence electrons. The van der Waals surface area contributed by atoms with Gasteiger partial charge in [0.05, 0.1) is 27.2 Å². The number of aromatic nitrogens is 4. The zero-order valence-corrected chi connectivity index (χ0v) is 29.7. The third-order valence-electron chi connectivity index (χ3n) is 6.74. The number of carbonyl (C=O) groups excluding carboxylic acids is 2. The molecule has 4 aromatic rings. The average molecular weight is 722 g/mol. The molecule has 0 aliphatic heterocycles. The highest BCUT2D eigenvalue weighted by molar-refractivity contribution is 7.99. The molecule has 1 aromatic heterocycles. The molecular formula is C35H34Cl2N6O5S. The highest BCUT2D eigenvalue weighted by Crippen LogP contribution is 2.30. The summed E-state index contributed by atoms with van der Waals surface area (Å²) in [5.74, 6) is 4.28. The lowest BCUT2D eigenvalue weighted by molar-refractivity contribution is -0.131. The van der Waals surface area contributed by atoms with E-state index in [2.05, 4.69) is 58.8 Å². The second kappa shape index (κ2) is 16.2. The second-order valence-electron chi connectivity index (χ2n) is 12.2. The standard InChI is InChI=1S/C35H34Cl2N6O5S/c1-34(2,3)24-10-14-29(27(37)19-24)43-33(40-41-42-43)49-21-31(45)39-28-13-8-23(18-26(28)36)16-17-35(4,5)48-20-30(44)38-25-11-6-22(7-12-25)9-15-32(46)47/h6-15,18-19H,20-21H2,1-5H3,(H,38,44)(H,39,45)(H,46,47)/b15-9+. The van der Waals surface area contributed by atoms with E-state index in [0.29, 0.717) is 43.4 Å². The Morgan fingerprint density at radius 2 is 1.69 bits per heavy atom. The number of thioether (sulfide) groups is 1. The van der Waals surface area contributed by atoms with Crippen molar-refractivity contribution in [3.63, 3.8) is 0 Å². The lowest BCUT2D eigenvalue weighted by atomic mass is 9.87. The Kier molecular flexibility index (Phi) is 12.2. The topological polar surface area (TPSA) is 148 Å². The van der Waals surface area contributed by atoms with E-state index in [-0.39, 0.29) is 29.6 Å². The van der Waals surface area contributed by atoms with E-state index in [4.69, 9.17) is 33.0 Å². The molecule has 0 saturated carbocycles. The largest absolute Gasteiger partial charge is 0.478 e. The van der Waals surface area contributed by atoms with Crippen LogP contribution in [0.3, 0.4) is 0 Å². The van der Waals surface area contributed by atoms with Gasteiger partial charge in [0, 0.05) is 17.3 Å². The maximum absolute atomic E-state index is 12.8. The number of carboxylic acids is 1. The zero-order chi connectivity index (χ0) is 35.8. The Hall–Kier alpha value is -4.67. The van der Waals surface area contributed by atoms with Gasteiger partial charge in [-0.05, 0) is 89.4 Å². The molecule has 2 amide bonds. The molecular weight excluding hydrogens is 687 g/mol. The summed E-state index contributed by atoms with van der Waals surface area (Å²) < 4.78 is 7.22. The first-order valence-corrected chi connectivity index (χ1v) is 16.6. The molecule has 0 fully saturated rings. The Morgan fingerprint density at radius 1 is 0.959 bits per heavy atom. The zero-order valence-electron chi connectivity index (χ0n) is 27.4. The molecule has 1 heterocycles. The van der Waals surface area contributed by atoms with Crippen molar-refractivity contribution in [1.82, 2.24) is 20.2 Å². The summed E-state index contributed by atoms with van der Waals surface area (Å²) in [4.78, 5) is 35.8. The average Bonchev–Trinajstić information content (AvgIpc) is 3.50. The van der Waals surface area contributed by atoms with E-state index < -0.39 is 11.6 Å². The quantitative estimate of drug-likeness (QED) is 0.0857. The third kappa shape index (κ3) is 11.2. The fourth-order valence-corrected chi connectivity index (χ4v) is 5.29. The first-order valence-electron chi connectivity index (χ1n) is 14.9. The molecule has 0 radical (unpaired) electrons. The number of carboxylic acid groups (broad SMARTS) is 1. The Labute approximate surface area is 298 Å². The molecule has 14 heteroatoms. The molecule has 0 spiro atoms. The first-order chi connectivity index (χ1) is 23.1. The van der Waals surface area contributed by atoms with E-state index in [1.165, 1.54) is 10.8 Å². The number of nitrogens with zero attached hydrogens (tertiary/aromatic N) is 4. The fraction of sp³-hybridized carbons (Fsp3) is 0.257. The summed E-state index contributed by atoms with van der Waals surface area (Å²) in [6, 6.07) is 17.4. The highest BCUT2D eigenvalue weighted by Gasteiger charge is 2.19. The minimum atomic E-state index is -1.04. The number of halogens is 2. The molecule has 0 aliphatic rings. The van der Waals surface area contributed by atoms with Gasteiger partial charge < -0.3 is 20.5 Å². The van der Waals surface area contributed by atoms with Crippen molar-refractivity contribution in [2.45, 2.75) is 50.8 Å². The number of ether oxygens (including phenoxy) is 1. The van der Waals surface area contributed by atoms with Crippen LogP contribution in [0.5, 0.6) is 0 Å². The summed E-state index contributed by atoms with van der Waals surface area (Å²) in [6.45, 7) is 9.52. The van der Waals surface area contributed by atoms with E-state index in [1.54, 1.807) is 56.3 Å². The Balaban J connectivity index is 1.28. The summed E-state index contributed by atoms with van der Waals surface area (Å²) >= 11 is 14.2. The molecule has 0 unspecified atom stereocenters. The maximum atomic E-state index is 12.8. The molecule has 3 N–H and O–H groups in total. The number of anilines is 2. The predicted octanol–water partition coefficient (Wildman–Crippen LogP) is 6.88. The first kappa shape index (κ1) is 37.2. The van der Waals surface area contributed by atoms with Crippen LogP contribution in [-0.4, -0.2) is 61.1 Å². The lowest BCUT2D eigenvalue weighted by Crippen LogP contribution is -2.28. The Bertz CT molecular complexity index is 1940. The second-order valence-corrected chi connectivity index (χ2v) is 14.0. The maximum Gasteiger partial charge on any atom is 0.328 e. The molecule has 0 aliphatic carbocycles. The van der Waals surface area contributed by atoms with Crippen LogP contribution < -0.4 is 10.6 Å². The third-order valence-corrected chi connectivity index (χ3v) is 8.28. The van der Waals surface area contributed by atoms with Crippen molar-refractivity contribution < 1.29 is 24.2 Å². The van der Waals surface area contributed by atoms with E-state index in [9.17, 15) is 14.4 Å². The minimum absolute atomic E-state index is 0.0184. The number of carbonyl (C=O) groups is 3. The van der Waals surface area contributed by atoms with Gasteiger partial charge in [0.2, 0.25) is 17.0 Å². The van der Waals surface area contributed by atoms with E-state index in [1.807, 2.05) is 18.2 Å². The van der Waals surface area contributed by atoms with Crippen LogP contribution in [0.4, 0.5) is 11.4 Å². The van der Waals surface area contributed by atoms with Crippen molar-refractivity contribution in [3.8, 4) is 17.5 Å². The molecule has 3 aromatic carbocycles. The molecule has 0 bridgehead atoms. The summed E-state index contributed by atoms with van der Waals surface area (Å²) in [5, 5.41) is 27.3. The number of amides is 2. The van der Waals surface area contributed by atoms with Crippen LogP contribution >= 0.6 is 35.0 Å². The van der Waals surface area contributed by atoms with Gasteiger partial charge in [-0.2, -0.15) is 4.68 Å². The molecule has 0 atom stereocenters. The summed E-state index contributed by atoms with van der Waals surface area (Å²) in [5.41, 5.74) is 2.87.